The number of nitrogens with one attached hydrogen (secondary N) is 3. The molecule has 3 rings (SSSR count). The van der Waals surface area contributed by atoms with Crippen LogP contribution in [0.5, 0.6) is 0 Å². The van der Waals surface area contributed by atoms with E-state index >= 15 is 0 Å². The summed E-state index contributed by atoms with van der Waals surface area (Å²) in [4.78, 5) is 23.9. The van der Waals surface area contributed by atoms with E-state index in [2.05, 4.69) is 21.0 Å². The molecule has 27 heavy (non-hydrogen) atoms. The summed E-state index contributed by atoms with van der Waals surface area (Å²) in [7, 11) is 1.81. The van der Waals surface area contributed by atoms with Crippen LogP contribution in [0.1, 0.15) is 5.56 Å². The van der Waals surface area contributed by atoms with Crippen molar-refractivity contribution in [2.75, 3.05) is 16.0 Å². The normalized spacial score (nSPS) is 10.6. The Balaban J connectivity index is 1.51. The summed E-state index contributed by atoms with van der Waals surface area (Å²) in [5.41, 5.74) is 2.80. The second-order valence-corrected chi connectivity index (χ2v) is 5.79. The van der Waals surface area contributed by atoms with E-state index in [-0.39, 0.29) is 11.9 Å². The summed E-state index contributed by atoms with van der Waals surface area (Å²) >= 11 is 0. The van der Waals surface area contributed by atoms with Gasteiger partial charge in [0.15, 0.2) is 0 Å². The Morgan fingerprint density at radius 1 is 0.889 bits per heavy atom. The highest BCUT2D eigenvalue weighted by atomic mass is 16.2. The van der Waals surface area contributed by atoms with Crippen LogP contribution in [0.4, 0.5) is 21.9 Å². The number of aromatic nitrogens is 2. The Bertz CT molecular complexity index is 946. The molecule has 136 valence electrons. The summed E-state index contributed by atoms with van der Waals surface area (Å²) in [6, 6.07) is 15.7. The van der Waals surface area contributed by atoms with Crippen molar-refractivity contribution in [3.05, 3.63) is 78.6 Å². The number of carbonyl (C=O) groups is 2. The monoisotopic (exact) mass is 361 g/mol. The van der Waals surface area contributed by atoms with Crippen molar-refractivity contribution in [3.8, 4) is 0 Å². The fourth-order valence-corrected chi connectivity index (χ4v) is 2.33. The Morgan fingerprint density at radius 3 is 2.07 bits per heavy atom. The summed E-state index contributed by atoms with van der Waals surface area (Å²) < 4.78 is 1.66. The van der Waals surface area contributed by atoms with Gasteiger partial charge in [-0.05, 0) is 42.5 Å². The quantitative estimate of drug-likeness (QED) is 0.605. The van der Waals surface area contributed by atoms with Gasteiger partial charge in [0.1, 0.15) is 0 Å². The van der Waals surface area contributed by atoms with Crippen LogP contribution in [0, 0.1) is 0 Å². The minimum Gasteiger partial charge on any atom is -0.323 e. The highest BCUT2D eigenvalue weighted by molar-refractivity contribution is 6.02. The van der Waals surface area contributed by atoms with Crippen LogP contribution >= 0.6 is 0 Å². The molecule has 7 heteroatoms. The van der Waals surface area contributed by atoms with E-state index in [9.17, 15) is 9.59 Å². The largest absolute Gasteiger partial charge is 0.323 e. The van der Waals surface area contributed by atoms with Crippen LogP contribution in [0.2, 0.25) is 0 Å². The summed E-state index contributed by atoms with van der Waals surface area (Å²) in [5, 5.41) is 12.3. The Hall–Kier alpha value is -3.87. The van der Waals surface area contributed by atoms with Crippen LogP contribution in [0.25, 0.3) is 6.08 Å². The van der Waals surface area contributed by atoms with Gasteiger partial charge in [-0.15, -0.1) is 0 Å². The van der Waals surface area contributed by atoms with Crippen molar-refractivity contribution in [1.82, 2.24) is 9.78 Å². The predicted molar refractivity (Wildman–Crippen MR) is 106 cm³/mol. The maximum atomic E-state index is 12.0. The molecule has 2 aromatic carbocycles. The molecule has 0 saturated heterocycles. The predicted octanol–water partition coefficient (Wildman–Crippen LogP) is 3.72. The molecule has 0 radical (unpaired) electrons. The zero-order valence-electron chi connectivity index (χ0n) is 14.7. The first-order chi connectivity index (χ1) is 13.1. The van der Waals surface area contributed by atoms with Crippen LogP contribution in [0.3, 0.4) is 0 Å². The topological polar surface area (TPSA) is 88.0 Å². The second-order valence-electron chi connectivity index (χ2n) is 5.79. The SMILES string of the molecule is Cn1cc(/C=C/C(=O)Nc2ccc(NC(=O)Nc3ccccc3)cc2)cn1. The molecule has 3 N–H and O–H groups in total. The smallest absolute Gasteiger partial charge is 0.323 e. The van der Waals surface area contributed by atoms with Crippen molar-refractivity contribution in [3.63, 3.8) is 0 Å². The van der Waals surface area contributed by atoms with E-state index < -0.39 is 0 Å². The molecule has 0 bridgehead atoms. The van der Waals surface area contributed by atoms with E-state index in [0.29, 0.717) is 17.1 Å². The van der Waals surface area contributed by atoms with Crippen molar-refractivity contribution in [2.45, 2.75) is 0 Å². The molecular formula is C20H19N5O2. The Labute approximate surface area is 156 Å². The molecule has 0 saturated carbocycles. The third-order valence-corrected chi connectivity index (χ3v) is 3.59. The van der Waals surface area contributed by atoms with E-state index in [0.717, 1.165) is 5.56 Å². The average Bonchev–Trinajstić information content (AvgIpc) is 3.08. The van der Waals surface area contributed by atoms with Crippen molar-refractivity contribution in [1.29, 1.82) is 0 Å². The third kappa shape index (κ3) is 5.57. The van der Waals surface area contributed by atoms with E-state index in [1.165, 1.54) is 6.08 Å². The van der Waals surface area contributed by atoms with Gasteiger partial charge in [-0.1, -0.05) is 18.2 Å². The number of aryl methyl sites for hydroxylation is 1. The molecule has 0 aliphatic heterocycles. The molecule has 7 nitrogen and oxygen atoms in total. The van der Waals surface area contributed by atoms with Crippen LogP contribution < -0.4 is 16.0 Å². The zero-order valence-corrected chi connectivity index (χ0v) is 14.7. The van der Waals surface area contributed by atoms with Crippen LogP contribution in [-0.2, 0) is 11.8 Å². The third-order valence-electron chi connectivity index (χ3n) is 3.59. The first-order valence-electron chi connectivity index (χ1n) is 8.29. The molecule has 0 atom stereocenters. The van der Waals surface area contributed by atoms with Gasteiger partial charge < -0.3 is 16.0 Å². The van der Waals surface area contributed by atoms with Gasteiger partial charge in [-0.3, -0.25) is 9.48 Å². The van der Waals surface area contributed by atoms with Gasteiger partial charge in [-0.25, -0.2) is 4.79 Å². The maximum Gasteiger partial charge on any atom is 0.323 e. The number of urea groups is 1. The van der Waals surface area contributed by atoms with Crippen molar-refractivity contribution in [2.24, 2.45) is 7.05 Å². The maximum absolute atomic E-state index is 12.0. The second kappa shape index (κ2) is 8.48. The van der Waals surface area contributed by atoms with Gasteiger partial charge in [0, 0.05) is 41.9 Å². The van der Waals surface area contributed by atoms with Crippen molar-refractivity contribution < 1.29 is 9.59 Å². The molecule has 0 fully saturated rings. The lowest BCUT2D eigenvalue weighted by Crippen LogP contribution is -2.19. The van der Waals surface area contributed by atoms with Crippen LogP contribution in [-0.4, -0.2) is 21.7 Å². The Morgan fingerprint density at radius 2 is 1.48 bits per heavy atom. The fraction of sp³-hybridized carbons (Fsp3) is 0.0500. The van der Waals surface area contributed by atoms with Gasteiger partial charge in [-0.2, -0.15) is 5.10 Å². The molecule has 0 aliphatic carbocycles. The molecule has 1 aromatic heterocycles. The highest BCUT2D eigenvalue weighted by Gasteiger charge is 2.03. The fourth-order valence-electron chi connectivity index (χ4n) is 2.33. The molecule has 0 unspecified atom stereocenters. The summed E-state index contributed by atoms with van der Waals surface area (Å²) in [5.74, 6) is -0.249. The minimum absolute atomic E-state index is 0.249. The summed E-state index contributed by atoms with van der Waals surface area (Å²) in [6.45, 7) is 0. The number of nitrogens with zero attached hydrogens (tertiary/aromatic N) is 2. The number of para-hydroxylation sites is 1. The van der Waals surface area contributed by atoms with Gasteiger partial charge >= 0.3 is 6.03 Å². The molecular weight excluding hydrogens is 342 g/mol. The molecule has 0 aliphatic rings. The lowest BCUT2D eigenvalue weighted by Gasteiger charge is -2.08. The van der Waals surface area contributed by atoms with E-state index in [1.807, 2.05) is 31.4 Å². The number of hydrogen-bond donors (Lipinski definition) is 3. The minimum atomic E-state index is -0.336. The first kappa shape index (κ1) is 17.9. The lowest BCUT2D eigenvalue weighted by molar-refractivity contribution is -0.111. The van der Waals surface area contributed by atoms with Gasteiger partial charge in [0.25, 0.3) is 0 Å². The van der Waals surface area contributed by atoms with Crippen molar-refractivity contribution >= 4 is 35.1 Å². The number of benzene rings is 2. The van der Waals surface area contributed by atoms with Gasteiger partial charge in [0.2, 0.25) is 5.91 Å². The number of amides is 3. The molecule has 3 aromatic rings. The molecule has 0 spiro atoms. The summed E-state index contributed by atoms with van der Waals surface area (Å²) in [6.07, 6.45) is 6.61. The highest BCUT2D eigenvalue weighted by Crippen LogP contribution is 2.14. The standard InChI is InChI=1S/C20H19N5O2/c1-25-14-15(13-21-25)7-12-19(26)22-17-8-10-18(11-9-17)24-20(27)23-16-5-3-2-4-6-16/h2-14H,1H3,(H,22,26)(H2,23,24,27)/b12-7+. The van der Waals surface area contributed by atoms with E-state index in [4.69, 9.17) is 0 Å². The van der Waals surface area contributed by atoms with E-state index in [1.54, 1.807) is 53.4 Å². The molecule has 1 heterocycles. The molecule has 3 amide bonds. The lowest BCUT2D eigenvalue weighted by atomic mass is 10.2. The number of hydrogen-bond acceptors (Lipinski definition) is 3. The van der Waals surface area contributed by atoms with Crippen LogP contribution in [0.15, 0.2) is 73.1 Å². The number of carbonyl (C=O) groups excluding carboxylic acids is 2. The average molecular weight is 361 g/mol. The first-order valence-corrected chi connectivity index (χ1v) is 8.29. The number of anilines is 3. The number of rotatable bonds is 5. The zero-order chi connectivity index (χ0) is 19.1. The Kier molecular flexibility index (Phi) is 5.64. The van der Waals surface area contributed by atoms with Gasteiger partial charge in [0.05, 0.1) is 6.20 Å².